The first kappa shape index (κ1) is 11.4. The first-order valence-corrected chi connectivity index (χ1v) is 5.00. The largest absolute Gasteiger partial charge is 0.497 e. The lowest BCUT2D eigenvalue weighted by atomic mass is 10.2. The zero-order valence-corrected chi connectivity index (χ0v) is 8.90. The summed E-state index contributed by atoms with van der Waals surface area (Å²) in [4.78, 5) is 0. The monoisotopic (exact) mass is 205 g/mol. The molecule has 0 aliphatic heterocycles. The van der Waals surface area contributed by atoms with Gasteiger partial charge in [0.05, 0.1) is 19.8 Å². The van der Waals surface area contributed by atoms with Crippen molar-refractivity contribution in [3.05, 3.63) is 24.3 Å². The van der Waals surface area contributed by atoms with Crippen molar-refractivity contribution in [1.29, 1.82) is 5.26 Å². The number of hydrogen-bond acceptors (Lipinski definition) is 3. The number of ether oxygens (including phenoxy) is 2. The maximum atomic E-state index is 8.34. The van der Waals surface area contributed by atoms with Gasteiger partial charge in [-0.3, -0.25) is 0 Å². The van der Waals surface area contributed by atoms with Crippen LogP contribution in [0.4, 0.5) is 0 Å². The predicted molar refractivity (Wildman–Crippen MR) is 58.0 cm³/mol. The van der Waals surface area contributed by atoms with E-state index in [0.29, 0.717) is 13.0 Å². The van der Waals surface area contributed by atoms with Gasteiger partial charge in [0.25, 0.3) is 0 Å². The van der Waals surface area contributed by atoms with Gasteiger partial charge in [-0.2, -0.15) is 5.26 Å². The van der Waals surface area contributed by atoms with Crippen molar-refractivity contribution < 1.29 is 9.47 Å². The summed E-state index contributed by atoms with van der Waals surface area (Å²) >= 11 is 0. The Morgan fingerprint density at radius 2 is 1.80 bits per heavy atom. The molecule has 3 heteroatoms. The van der Waals surface area contributed by atoms with E-state index < -0.39 is 0 Å². The number of rotatable bonds is 6. The quantitative estimate of drug-likeness (QED) is 0.670. The van der Waals surface area contributed by atoms with Gasteiger partial charge in [-0.25, -0.2) is 0 Å². The van der Waals surface area contributed by atoms with Crippen LogP contribution in [-0.2, 0) is 0 Å². The third-order valence-electron chi connectivity index (χ3n) is 2.01. The fraction of sp³-hybridized carbons (Fsp3) is 0.417. The van der Waals surface area contributed by atoms with Crippen LogP contribution in [0.25, 0.3) is 0 Å². The van der Waals surface area contributed by atoms with Crippen LogP contribution in [0.15, 0.2) is 24.3 Å². The Bertz CT molecular complexity index is 313. The topological polar surface area (TPSA) is 42.2 Å². The van der Waals surface area contributed by atoms with Gasteiger partial charge in [-0.15, -0.1) is 0 Å². The first-order chi connectivity index (χ1) is 7.36. The molecule has 0 bridgehead atoms. The number of methoxy groups -OCH3 is 1. The number of nitriles is 1. The summed E-state index contributed by atoms with van der Waals surface area (Å²) in [6, 6.07) is 9.60. The van der Waals surface area contributed by atoms with E-state index >= 15 is 0 Å². The Morgan fingerprint density at radius 3 is 2.40 bits per heavy atom. The van der Waals surface area contributed by atoms with Gasteiger partial charge in [0.15, 0.2) is 0 Å². The molecule has 15 heavy (non-hydrogen) atoms. The van der Waals surface area contributed by atoms with Gasteiger partial charge in [0, 0.05) is 6.42 Å². The summed E-state index contributed by atoms with van der Waals surface area (Å²) in [7, 11) is 1.64. The summed E-state index contributed by atoms with van der Waals surface area (Å²) in [5.74, 6) is 1.67. The van der Waals surface area contributed by atoms with Crippen molar-refractivity contribution >= 4 is 0 Å². The second-order valence-corrected chi connectivity index (χ2v) is 3.14. The summed E-state index contributed by atoms with van der Waals surface area (Å²) in [5, 5.41) is 8.34. The number of unbranched alkanes of at least 4 members (excludes halogenated alkanes) is 2. The molecule has 0 aromatic heterocycles. The third kappa shape index (κ3) is 4.37. The normalized spacial score (nSPS) is 9.33. The maximum absolute atomic E-state index is 8.34. The molecule has 80 valence electrons. The average Bonchev–Trinajstić information content (AvgIpc) is 2.30. The molecule has 0 aliphatic rings. The van der Waals surface area contributed by atoms with Crippen molar-refractivity contribution in [3.8, 4) is 17.6 Å². The zero-order valence-electron chi connectivity index (χ0n) is 8.90. The Labute approximate surface area is 90.2 Å². The van der Waals surface area contributed by atoms with E-state index in [-0.39, 0.29) is 0 Å². The third-order valence-corrected chi connectivity index (χ3v) is 2.01. The molecule has 0 spiro atoms. The second-order valence-electron chi connectivity index (χ2n) is 3.14. The van der Waals surface area contributed by atoms with E-state index in [1.165, 1.54) is 0 Å². The Morgan fingerprint density at radius 1 is 1.13 bits per heavy atom. The van der Waals surface area contributed by atoms with Gasteiger partial charge in [0.1, 0.15) is 11.5 Å². The van der Waals surface area contributed by atoms with Crippen LogP contribution in [0.5, 0.6) is 11.5 Å². The van der Waals surface area contributed by atoms with Crippen molar-refractivity contribution in [2.24, 2.45) is 0 Å². The average molecular weight is 205 g/mol. The molecule has 0 N–H and O–H groups in total. The fourth-order valence-corrected chi connectivity index (χ4v) is 1.17. The molecule has 0 heterocycles. The minimum absolute atomic E-state index is 0.603. The molecule has 0 atom stereocenters. The molecule has 1 aromatic carbocycles. The molecular formula is C12H15NO2. The minimum Gasteiger partial charge on any atom is -0.497 e. The van der Waals surface area contributed by atoms with E-state index in [4.69, 9.17) is 14.7 Å². The van der Waals surface area contributed by atoms with E-state index in [1.807, 2.05) is 24.3 Å². The molecule has 0 fully saturated rings. The highest BCUT2D eigenvalue weighted by Crippen LogP contribution is 2.17. The van der Waals surface area contributed by atoms with E-state index in [2.05, 4.69) is 6.07 Å². The molecule has 0 radical (unpaired) electrons. The molecule has 0 saturated carbocycles. The predicted octanol–water partition coefficient (Wildman–Crippen LogP) is 2.77. The van der Waals surface area contributed by atoms with Gasteiger partial charge >= 0.3 is 0 Å². The molecule has 3 nitrogen and oxygen atoms in total. The van der Waals surface area contributed by atoms with Crippen molar-refractivity contribution in [2.75, 3.05) is 13.7 Å². The van der Waals surface area contributed by atoms with Crippen LogP contribution in [0.2, 0.25) is 0 Å². The molecule has 1 rings (SSSR count). The van der Waals surface area contributed by atoms with E-state index in [9.17, 15) is 0 Å². The molecule has 1 aromatic rings. The summed E-state index contributed by atoms with van der Waals surface area (Å²) in [6.45, 7) is 0.661. The minimum atomic E-state index is 0.603. The van der Waals surface area contributed by atoms with Crippen LogP contribution < -0.4 is 9.47 Å². The standard InChI is InChI=1S/C12H15NO2/c1-14-11-5-7-12(8-6-11)15-10-4-2-3-9-13/h5-8H,2-4,10H2,1H3. The van der Waals surface area contributed by atoms with Crippen molar-refractivity contribution in [1.82, 2.24) is 0 Å². The summed E-state index contributed by atoms with van der Waals surface area (Å²) < 4.78 is 10.5. The summed E-state index contributed by atoms with van der Waals surface area (Å²) in [5.41, 5.74) is 0. The van der Waals surface area contributed by atoms with E-state index in [1.54, 1.807) is 7.11 Å². The van der Waals surface area contributed by atoms with Crippen molar-refractivity contribution in [3.63, 3.8) is 0 Å². The van der Waals surface area contributed by atoms with Crippen LogP contribution in [0, 0.1) is 11.3 Å². The Kier molecular flexibility index (Phi) is 5.10. The fourth-order valence-electron chi connectivity index (χ4n) is 1.17. The first-order valence-electron chi connectivity index (χ1n) is 5.00. The lowest BCUT2D eigenvalue weighted by Gasteiger charge is -2.05. The van der Waals surface area contributed by atoms with Crippen LogP contribution in [0.1, 0.15) is 19.3 Å². The van der Waals surface area contributed by atoms with Gasteiger partial charge in [-0.1, -0.05) is 0 Å². The Hall–Kier alpha value is -1.69. The number of nitrogens with zero attached hydrogens (tertiary/aromatic N) is 1. The van der Waals surface area contributed by atoms with Gasteiger partial charge < -0.3 is 9.47 Å². The van der Waals surface area contributed by atoms with Crippen LogP contribution in [0.3, 0.4) is 0 Å². The Balaban J connectivity index is 2.23. The molecule has 0 unspecified atom stereocenters. The van der Waals surface area contributed by atoms with Gasteiger partial charge in [-0.05, 0) is 37.1 Å². The highest BCUT2D eigenvalue weighted by Gasteiger charge is 1.94. The SMILES string of the molecule is COc1ccc(OCCCCC#N)cc1. The highest BCUT2D eigenvalue weighted by molar-refractivity contribution is 5.31. The molecular weight excluding hydrogens is 190 g/mol. The maximum Gasteiger partial charge on any atom is 0.119 e. The smallest absolute Gasteiger partial charge is 0.119 e. The lowest BCUT2D eigenvalue weighted by Crippen LogP contribution is -1.96. The summed E-state index contributed by atoms with van der Waals surface area (Å²) in [6.07, 6.45) is 2.41. The zero-order chi connectivity index (χ0) is 10.9. The number of hydrogen-bond donors (Lipinski definition) is 0. The second kappa shape index (κ2) is 6.72. The highest BCUT2D eigenvalue weighted by atomic mass is 16.5. The molecule has 0 saturated heterocycles. The molecule has 0 amide bonds. The lowest BCUT2D eigenvalue weighted by molar-refractivity contribution is 0.307. The van der Waals surface area contributed by atoms with E-state index in [0.717, 1.165) is 24.3 Å². The van der Waals surface area contributed by atoms with Crippen LogP contribution >= 0.6 is 0 Å². The number of benzene rings is 1. The molecule has 0 aliphatic carbocycles. The van der Waals surface area contributed by atoms with Crippen molar-refractivity contribution in [2.45, 2.75) is 19.3 Å². The van der Waals surface area contributed by atoms with Gasteiger partial charge in [0.2, 0.25) is 0 Å². The van der Waals surface area contributed by atoms with Crippen LogP contribution in [-0.4, -0.2) is 13.7 Å².